The molecule has 2 aromatic carbocycles. The average molecular weight is 388 g/mol. The van der Waals surface area contributed by atoms with Crippen molar-refractivity contribution in [2.45, 2.75) is 25.9 Å². The number of carbonyl (C=O) groups is 1. The summed E-state index contributed by atoms with van der Waals surface area (Å²) in [5.41, 5.74) is 0.368. The van der Waals surface area contributed by atoms with E-state index < -0.39 is 11.7 Å². The third-order valence-corrected chi connectivity index (χ3v) is 4.15. The largest absolute Gasteiger partial charge is 0.435 e. The molecule has 0 aliphatic heterocycles. The molecule has 0 atom stereocenters. The van der Waals surface area contributed by atoms with Gasteiger partial charge in [-0.25, -0.2) is 4.98 Å². The van der Waals surface area contributed by atoms with E-state index in [1.807, 2.05) is 13.0 Å². The molecular formula is C21H19F3N2O2. The van der Waals surface area contributed by atoms with Crippen molar-refractivity contribution in [3.8, 4) is 22.8 Å². The van der Waals surface area contributed by atoms with Crippen molar-refractivity contribution in [1.29, 1.82) is 0 Å². The quantitative estimate of drug-likeness (QED) is 0.563. The fourth-order valence-corrected chi connectivity index (χ4v) is 2.65. The number of carbonyl (C=O) groups excluding carboxylic acids is 1. The lowest BCUT2D eigenvalue weighted by atomic mass is 10.1. The highest BCUT2D eigenvalue weighted by Gasteiger charge is 2.30. The SMILES string of the molecule is CCCCNC(=O)c1nc(-c2ccc(C(F)(F)F)cc2)oc1-c1ccccc1. The highest BCUT2D eigenvalue weighted by Crippen LogP contribution is 2.33. The minimum absolute atomic E-state index is 0.0909. The van der Waals surface area contributed by atoms with Gasteiger partial charge in [0.05, 0.1) is 5.56 Å². The normalized spacial score (nSPS) is 11.4. The van der Waals surface area contributed by atoms with E-state index in [0.29, 0.717) is 17.7 Å². The van der Waals surface area contributed by atoms with Gasteiger partial charge in [-0.05, 0) is 30.7 Å². The number of amides is 1. The van der Waals surface area contributed by atoms with Gasteiger partial charge in [-0.15, -0.1) is 0 Å². The molecule has 28 heavy (non-hydrogen) atoms. The zero-order valence-corrected chi connectivity index (χ0v) is 15.2. The maximum Gasteiger partial charge on any atom is 0.416 e. The van der Waals surface area contributed by atoms with Gasteiger partial charge >= 0.3 is 6.18 Å². The van der Waals surface area contributed by atoms with Gasteiger partial charge in [0.15, 0.2) is 11.5 Å². The molecule has 0 saturated heterocycles. The lowest BCUT2D eigenvalue weighted by Gasteiger charge is -2.06. The van der Waals surface area contributed by atoms with Crippen LogP contribution >= 0.6 is 0 Å². The van der Waals surface area contributed by atoms with E-state index in [9.17, 15) is 18.0 Å². The number of aromatic nitrogens is 1. The van der Waals surface area contributed by atoms with E-state index >= 15 is 0 Å². The minimum atomic E-state index is -4.42. The molecule has 1 heterocycles. The monoisotopic (exact) mass is 388 g/mol. The Balaban J connectivity index is 1.98. The Hall–Kier alpha value is -3.09. The summed E-state index contributed by atoms with van der Waals surface area (Å²) in [6, 6.07) is 13.5. The van der Waals surface area contributed by atoms with Crippen LogP contribution < -0.4 is 5.32 Å². The lowest BCUT2D eigenvalue weighted by Crippen LogP contribution is -2.25. The van der Waals surface area contributed by atoms with Gasteiger partial charge in [-0.1, -0.05) is 43.7 Å². The maximum atomic E-state index is 12.8. The van der Waals surface area contributed by atoms with E-state index in [1.165, 1.54) is 12.1 Å². The van der Waals surface area contributed by atoms with E-state index in [2.05, 4.69) is 10.3 Å². The Morgan fingerprint density at radius 1 is 1.04 bits per heavy atom. The second-order valence-corrected chi connectivity index (χ2v) is 6.25. The van der Waals surface area contributed by atoms with Crippen LogP contribution in [0.2, 0.25) is 0 Å². The molecule has 146 valence electrons. The Labute approximate surface area is 160 Å². The first-order valence-corrected chi connectivity index (χ1v) is 8.92. The molecule has 1 N–H and O–H groups in total. The highest BCUT2D eigenvalue weighted by atomic mass is 19.4. The summed E-state index contributed by atoms with van der Waals surface area (Å²) >= 11 is 0. The van der Waals surface area contributed by atoms with Crippen LogP contribution in [0, 0.1) is 0 Å². The van der Waals surface area contributed by atoms with E-state index in [-0.39, 0.29) is 23.3 Å². The van der Waals surface area contributed by atoms with Crippen LogP contribution in [0.5, 0.6) is 0 Å². The summed E-state index contributed by atoms with van der Waals surface area (Å²) in [5.74, 6) is -0.00747. The van der Waals surface area contributed by atoms with Crippen LogP contribution in [0.15, 0.2) is 59.0 Å². The van der Waals surface area contributed by atoms with Gasteiger partial charge in [0.1, 0.15) is 0 Å². The molecule has 4 nitrogen and oxygen atoms in total. The number of nitrogens with zero attached hydrogens (tertiary/aromatic N) is 1. The van der Waals surface area contributed by atoms with Crippen molar-refractivity contribution in [1.82, 2.24) is 10.3 Å². The van der Waals surface area contributed by atoms with Crippen molar-refractivity contribution in [3.05, 3.63) is 65.9 Å². The molecule has 0 aliphatic carbocycles. The predicted molar refractivity (Wildman–Crippen MR) is 99.6 cm³/mol. The van der Waals surface area contributed by atoms with E-state index in [0.717, 1.165) is 25.0 Å². The van der Waals surface area contributed by atoms with Crippen molar-refractivity contribution >= 4 is 5.91 Å². The van der Waals surface area contributed by atoms with Gasteiger partial charge in [0, 0.05) is 17.7 Å². The van der Waals surface area contributed by atoms with Crippen LogP contribution in [-0.4, -0.2) is 17.4 Å². The predicted octanol–water partition coefficient (Wildman–Crippen LogP) is 5.56. The molecule has 3 rings (SSSR count). The summed E-state index contributed by atoms with van der Waals surface area (Å²) in [7, 11) is 0. The number of rotatable bonds is 6. The molecule has 0 bridgehead atoms. The van der Waals surface area contributed by atoms with Crippen LogP contribution in [0.1, 0.15) is 35.8 Å². The third-order valence-electron chi connectivity index (χ3n) is 4.15. The smallest absolute Gasteiger partial charge is 0.416 e. The summed E-state index contributed by atoms with van der Waals surface area (Å²) in [5, 5.41) is 2.79. The fourth-order valence-electron chi connectivity index (χ4n) is 2.65. The van der Waals surface area contributed by atoms with Crippen molar-refractivity contribution in [2.24, 2.45) is 0 Å². The first-order valence-electron chi connectivity index (χ1n) is 8.92. The first kappa shape index (κ1) is 19.7. The standard InChI is InChI=1S/C21H19F3N2O2/c1-2-3-13-25-19(27)17-18(14-7-5-4-6-8-14)28-20(26-17)15-9-11-16(12-10-15)21(22,23)24/h4-12H,2-3,13H2,1H3,(H,25,27). The molecule has 7 heteroatoms. The maximum absolute atomic E-state index is 12.8. The lowest BCUT2D eigenvalue weighted by molar-refractivity contribution is -0.137. The summed E-state index contributed by atoms with van der Waals surface area (Å²) in [6.45, 7) is 2.52. The van der Waals surface area contributed by atoms with Crippen molar-refractivity contribution in [3.63, 3.8) is 0 Å². The molecule has 0 unspecified atom stereocenters. The van der Waals surface area contributed by atoms with E-state index in [4.69, 9.17) is 4.42 Å². The second-order valence-electron chi connectivity index (χ2n) is 6.25. The number of hydrogen-bond donors (Lipinski definition) is 1. The number of unbranched alkanes of at least 4 members (excludes halogenated alkanes) is 1. The summed E-state index contributed by atoms with van der Waals surface area (Å²) in [6.07, 6.45) is -2.66. The van der Waals surface area contributed by atoms with Gasteiger partial charge < -0.3 is 9.73 Å². The molecule has 0 spiro atoms. The van der Waals surface area contributed by atoms with Crippen LogP contribution in [0.4, 0.5) is 13.2 Å². The van der Waals surface area contributed by atoms with Gasteiger partial charge in [-0.2, -0.15) is 13.2 Å². The number of nitrogens with one attached hydrogen (secondary N) is 1. The average Bonchev–Trinajstić information content (AvgIpc) is 3.14. The zero-order valence-electron chi connectivity index (χ0n) is 15.2. The fraction of sp³-hybridized carbons (Fsp3) is 0.238. The van der Waals surface area contributed by atoms with Gasteiger partial charge in [0.2, 0.25) is 5.89 Å². The highest BCUT2D eigenvalue weighted by molar-refractivity contribution is 5.98. The molecule has 0 saturated carbocycles. The van der Waals surface area contributed by atoms with Crippen LogP contribution in [0.3, 0.4) is 0 Å². The van der Waals surface area contributed by atoms with Gasteiger partial charge in [-0.3, -0.25) is 4.79 Å². The molecule has 0 aliphatic rings. The molecule has 0 radical (unpaired) electrons. The Kier molecular flexibility index (Phi) is 5.82. The number of benzene rings is 2. The van der Waals surface area contributed by atoms with Crippen molar-refractivity contribution in [2.75, 3.05) is 6.54 Å². The zero-order chi connectivity index (χ0) is 20.1. The molecule has 1 aromatic heterocycles. The topological polar surface area (TPSA) is 55.1 Å². The Morgan fingerprint density at radius 3 is 2.32 bits per heavy atom. The molecule has 0 fully saturated rings. The Morgan fingerprint density at radius 2 is 1.71 bits per heavy atom. The minimum Gasteiger partial charge on any atom is -0.435 e. The van der Waals surface area contributed by atoms with Crippen molar-refractivity contribution < 1.29 is 22.4 Å². The summed E-state index contributed by atoms with van der Waals surface area (Å²) < 4.78 is 44.1. The molecule has 1 amide bonds. The van der Waals surface area contributed by atoms with E-state index in [1.54, 1.807) is 24.3 Å². The number of alkyl halides is 3. The second kappa shape index (κ2) is 8.29. The first-order chi connectivity index (χ1) is 13.4. The number of hydrogen-bond acceptors (Lipinski definition) is 3. The molecular weight excluding hydrogens is 369 g/mol. The number of oxazole rings is 1. The Bertz CT molecular complexity index is 933. The number of halogens is 3. The van der Waals surface area contributed by atoms with Crippen LogP contribution in [-0.2, 0) is 6.18 Å². The molecule has 3 aromatic rings. The van der Waals surface area contributed by atoms with Gasteiger partial charge in [0.25, 0.3) is 5.91 Å². The third kappa shape index (κ3) is 4.42. The summed E-state index contributed by atoms with van der Waals surface area (Å²) in [4.78, 5) is 16.8. The van der Waals surface area contributed by atoms with Crippen LogP contribution in [0.25, 0.3) is 22.8 Å².